The van der Waals surface area contributed by atoms with E-state index in [2.05, 4.69) is 15.5 Å². The Kier molecular flexibility index (Phi) is 5.60. The topological polar surface area (TPSA) is 96.7 Å². The lowest BCUT2D eigenvalue weighted by Gasteiger charge is -2.43. The van der Waals surface area contributed by atoms with Crippen molar-refractivity contribution < 1.29 is 14.5 Å². The molecule has 3 heterocycles. The Morgan fingerprint density at radius 1 is 1.36 bits per heavy atom. The van der Waals surface area contributed by atoms with Crippen LogP contribution >= 0.6 is 11.6 Å². The summed E-state index contributed by atoms with van der Waals surface area (Å²) in [5.41, 5.74) is 0.523. The van der Waals surface area contributed by atoms with Crippen LogP contribution in [-0.4, -0.2) is 54.7 Å². The molecule has 25 heavy (non-hydrogen) atoms. The Hall–Kier alpha value is -2.06. The van der Waals surface area contributed by atoms with Gasteiger partial charge < -0.3 is 15.4 Å². The molecule has 2 bridgehead atoms. The van der Waals surface area contributed by atoms with Crippen LogP contribution in [0.3, 0.4) is 0 Å². The number of nitro groups is 1. The number of ether oxygens (including phenoxy) is 1. The monoisotopic (exact) mass is 368 g/mol. The highest BCUT2D eigenvalue weighted by molar-refractivity contribution is 6.33. The lowest BCUT2D eigenvalue weighted by Crippen LogP contribution is -2.52. The normalized spacial score (nSPS) is 24.6. The molecule has 1 atom stereocenters. The fourth-order valence-corrected chi connectivity index (χ4v) is 3.59. The lowest BCUT2D eigenvalue weighted by molar-refractivity contribution is -0.384. The molecule has 0 aromatic heterocycles. The Morgan fingerprint density at radius 2 is 2.12 bits per heavy atom. The van der Waals surface area contributed by atoms with E-state index in [0.717, 1.165) is 32.5 Å². The Labute approximate surface area is 150 Å². The minimum Gasteiger partial charge on any atom is -0.445 e. The third kappa shape index (κ3) is 4.52. The van der Waals surface area contributed by atoms with E-state index < -0.39 is 11.0 Å². The molecule has 0 aliphatic carbocycles. The van der Waals surface area contributed by atoms with Gasteiger partial charge in [-0.3, -0.25) is 15.0 Å². The molecule has 3 fully saturated rings. The molecule has 136 valence electrons. The number of amides is 1. The van der Waals surface area contributed by atoms with Crippen molar-refractivity contribution in [3.05, 3.63) is 33.3 Å². The average Bonchev–Trinajstić information content (AvgIpc) is 2.60. The number of non-ortho nitro benzene ring substituents is 1. The molecule has 2 N–H and O–H groups in total. The van der Waals surface area contributed by atoms with Crippen LogP contribution in [0.1, 0.15) is 12.8 Å². The number of hydrogen-bond acceptors (Lipinski definition) is 6. The largest absolute Gasteiger partial charge is 0.445 e. The van der Waals surface area contributed by atoms with Gasteiger partial charge in [0, 0.05) is 31.8 Å². The van der Waals surface area contributed by atoms with Crippen LogP contribution < -0.4 is 10.6 Å². The van der Waals surface area contributed by atoms with Gasteiger partial charge in [0.15, 0.2) is 0 Å². The molecule has 0 radical (unpaired) electrons. The quantitative estimate of drug-likeness (QED) is 0.455. The number of alkyl carbamates (subject to hydrolysis) is 1. The Balaban J connectivity index is 1.38. The van der Waals surface area contributed by atoms with Gasteiger partial charge in [-0.25, -0.2) is 4.79 Å². The number of carbonyl (C=O) groups is 1. The van der Waals surface area contributed by atoms with Gasteiger partial charge in [0.2, 0.25) is 0 Å². The van der Waals surface area contributed by atoms with Crippen LogP contribution in [0.5, 0.6) is 0 Å². The van der Waals surface area contributed by atoms with Gasteiger partial charge in [-0.2, -0.15) is 0 Å². The van der Waals surface area contributed by atoms with Gasteiger partial charge in [0.1, 0.15) is 6.10 Å². The zero-order valence-electron chi connectivity index (χ0n) is 13.7. The summed E-state index contributed by atoms with van der Waals surface area (Å²) < 4.78 is 5.52. The van der Waals surface area contributed by atoms with Gasteiger partial charge in [0.25, 0.3) is 5.69 Å². The first kappa shape index (κ1) is 17.8. The number of fused-ring (bicyclic) bond motifs is 3. The second kappa shape index (κ2) is 7.88. The van der Waals surface area contributed by atoms with Gasteiger partial charge in [-0.1, -0.05) is 11.6 Å². The number of hydrogen-bond donors (Lipinski definition) is 2. The number of anilines is 1. The number of halogens is 1. The van der Waals surface area contributed by atoms with Crippen LogP contribution in [0, 0.1) is 16.0 Å². The summed E-state index contributed by atoms with van der Waals surface area (Å²) in [6, 6.07) is 4.22. The molecule has 9 heteroatoms. The number of benzene rings is 1. The maximum Gasteiger partial charge on any atom is 0.407 e. The fraction of sp³-hybridized carbons (Fsp3) is 0.562. The zero-order valence-corrected chi connectivity index (χ0v) is 14.5. The van der Waals surface area contributed by atoms with Crippen LogP contribution in [-0.2, 0) is 4.74 Å². The summed E-state index contributed by atoms with van der Waals surface area (Å²) >= 11 is 6.00. The van der Waals surface area contributed by atoms with E-state index >= 15 is 0 Å². The predicted octanol–water partition coefficient (Wildman–Crippen LogP) is 2.48. The lowest BCUT2D eigenvalue weighted by atomic mass is 9.86. The number of nitro benzene ring substituents is 1. The van der Waals surface area contributed by atoms with Crippen molar-refractivity contribution in [3.63, 3.8) is 0 Å². The van der Waals surface area contributed by atoms with Gasteiger partial charge >= 0.3 is 6.09 Å². The Bertz CT molecular complexity index is 649. The SMILES string of the molecule is O=C(NCCNc1ccc([N+](=O)[O-])cc1Cl)OC1CN2CCC1CC2. The van der Waals surface area contributed by atoms with E-state index in [-0.39, 0.29) is 16.8 Å². The second-order valence-corrected chi connectivity index (χ2v) is 6.76. The predicted molar refractivity (Wildman–Crippen MR) is 94.0 cm³/mol. The molecule has 3 aliphatic heterocycles. The average molecular weight is 369 g/mol. The first-order valence-corrected chi connectivity index (χ1v) is 8.75. The minimum atomic E-state index is -0.498. The third-order valence-corrected chi connectivity index (χ3v) is 5.04. The molecule has 1 amide bonds. The highest BCUT2D eigenvalue weighted by atomic mass is 35.5. The summed E-state index contributed by atoms with van der Waals surface area (Å²) in [6.45, 7) is 3.84. The first-order valence-electron chi connectivity index (χ1n) is 8.37. The number of nitrogens with one attached hydrogen (secondary N) is 2. The first-order chi connectivity index (χ1) is 12.0. The smallest absolute Gasteiger partial charge is 0.407 e. The van der Waals surface area contributed by atoms with Crippen LogP contribution in [0.4, 0.5) is 16.2 Å². The number of rotatable bonds is 6. The van der Waals surface area contributed by atoms with E-state index in [4.69, 9.17) is 16.3 Å². The third-order valence-electron chi connectivity index (χ3n) is 4.73. The zero-order chi connectivity index (χ0) is 17.8. The molecule has 1 aromatic carbocycles. The van der Waals surface area contributed by atoms with Gasteiger partial charge in [-0.05, 0) is 37.9 Å². The van der Waals surface area contributed by atoms with Crippen molar-refractivity contribution in [2.45, 2.75) is 18.9 Å². The number of piperidine rings is 3. The molecule has 3 aliphatic rings. The molecular formula is C16H21ClN4O4. The van der Waals surface area contributed by atoms with Gasteiger partial charge in [-0.15, -0.1) is 0 Å². The second-order valence-electron chi connectivity index (χ2n) is 6.36. The van der Waals surface area contributed by atoms with E-state index in [9.17, 15) is 14.9 Å². The van der Waals surface area contributed by atoms with Gasteiger partial charge in [0.05, 0.1) is 15.6 Å². The molecule has 0 saturated carbocycles. The fourth-order valence-electron chi connectivity index (χ4n) is 3.35. The Morgan fingerprint density at radius 3 is 2.72 bits per heavy atom. The van der Waals surface area contributed by atoms with E-state index in [1.54, 1.807) is 6.07 Å². The van der Waals surface area contributed by atoms with Crippen molar-refractivity contribution in [2.24, 2.45) is 5.92 Å². The molecular weight excluding hydrogens is 348 g/mol. The molecule has 3 saturated heterocycles. The summed E-state index contributed by atoms with van der Waals surface area (Å²) in [4.78, 5) is 24.4. The van der Waals surface area contributed by atoms with E-state index in [0.29, 0.717) is 24.7 Å². The highest BCUT2D eigenvalue weighted by Crippen LogP contribution is 2.29. The molecule has 0 spiro atoms. The summed E-state index contributed by atoms with van der Waals surface area (Å²) in [6.07, 6.45) is 1.77. The molecule has 1 aromatic rings. The van der Waals surface area contributed by atoms with Crippen molar-refractivity contribution in [1.82, 2.24) is 10.2 Å². The number of carbonyl (C=O) groups excluding carboxylic acids is 1. The summed E-state index contributed by atoms with van der Waals surface area (Å²) in [7, 11) is 0. The summed E-state index contributed by atoms with van der Waals surface area (Å²) in [5, 5.41) is 16.7. The molecule has 1 unspecified atom stereocenters. The highest BCUT2D eigenvalue weighted by Gasteiger charge is 2.36. The van der Waals surface area contributed by atoms with Crippen molar-refractivity contribution in [3.8, 4) is 0 Å². The van der Waals surface area contributed by atoms with E-state index in [1.165, 1.54) is 12.1 Å². The molecule has 4 rings (SSSR count). The maximum absolute atomic E-state index is 11.9. The van der Waals surface area contributed by atoms with Crippen molar-refractivity contribution >= 4 is 29.1 Å². The maximum atomic E-state index is 11.9. The standard InChI is InChI=1S/C16H21ClN4O4/c17-13-9-12(21(23)24)1-2-14(13)18-5-6-19-16(22)25-15-10-20-7-3-11(15)4-8-20/h1-2,9,11,15,18H,3-8,10H2,(H,19,22). The minimum absolute atomic E-state index is 0.0143. The van der Waals surface area contributed by atoms with Crippen molar-refractivity contribution in [1.29, 1.82) is 0 Å². The van der Waals surface area contributed by atoms with Crippen LogP contribution in [0.25, 0.3) is 0 Å². The van der Waals surface area contributed by atoms with Crippen LogP contribution in [0.2, 0.25) is 5.02 Å². The number of nitrogens with zero attached hydrogens (tertiary/aromatic N) is 2. The van der Waals surface area contributed by atoms with Crippen LogP contribution in [0.15, 0.2) is 18.2 Å². The molecule has 8 nitrogen and oxygen atoms in total. The summed E-state index contributed by atoms with van der Waals surface area (Å²) in [5.74, 6) is 0.479. The van der Waals surface area contributed by atoms with E-state index in [1.807, 2.05) is 0 Å². The van der Waals surface area contributed by atoms with Crippen molar-refractivity contribution in [2.75, 3.05) is 38.0 Å².